The van der Waals surface area contributed by atoms with Crippen LogP contribution in [0.15, 0.2) is 47.4 Å². The fraction of sp³-hybridized carbons (Fsp3) is 0.263. The second-order valence-corrected chi connectivity index (χ2v) is 7.40. The molecule has 0 saturated carbocycles. The maximum absolute atomic E-state index is 12.1. The molecule has 2 aromatic rings. The first kappa shape index (κ1) is 20.4. The van der Waals surface area contributed by atoms with E-state index in [1.165, 1.54) is 23.9 Å². The van der Waals surface area contributed by atoms with Crippen molar-refractivity contribution in [1.82, 2.24) is 0 Å². The van der Waals surface area contributed by atoms with E-state index in [9.17, 15) is 19.7 Å². The van der Waals surface area contributed by atoms with Gasteiger partial charge < -0.3 is 10.1 Å². The number of non-ortho nitro benzene ring substituents is 1. The molecule has 142 valence electrons. The van der Waals surface area contributed by atoms with Gasteiger partial charge in [-0.25, -0.2) is 0 Å². The summed E-state index contributed by atoms with van der Waals surface area (Å²) in [4.78, 5) is 34.9. The van der Waals surface area contributed by atoms with E-state index in [2.05, 4.69) is 5.32 Å². The molecule has 2 rings (SSSR count). The van der Waals surface area contributed by atoms with Crippen LogP contribution >= 0.6 is 11.8 Å². The molecule has 0 aliphatic heterocycles. The Morgan fingerprint density at radius 2 is 1.85 bits per heavy atom. The molecule has 0 heterocycles. The number of amides is 1. The lowest BCUT2D eigenvalue weighted by Crippen LogP contribution is -2.25. The number of carbonyl (C=O) groups is 2. The van der Waals surface area contributed by atoms with Gasteiger partial charge in [0.05, 0.1) is 4.92 Å². The first-order chi connectivity index (χ1) is 12.8. The maximum atomic E-state index is 12.1. The van der Waals surface area contributed by atoms with Crippen LogP contribution in [0.4, 0.5) is 11.4 Å². The third-order valence-corrected chi connectivity index (χ3v) is 4.78. The summed E-state index contributed by atoms with van der Waals surface area (Å²) in [5, 5.41) is 12.8. The second-order valence-electron chi connectivity index (χ2n) is 5.99. The Balaban J connectivity index is 1.83. The van der Waals surface area contributed by atoms with E-state index in [1.807, 2.05) is 26.0 Å². The highest BCUT2D eigenvalue weighted by Gasteiger charge is 2.18. The predicted octanol–water partition coefficient (Wildman–Crippen LogP) is 3.87. The zero-order valence-corrected chi connectivity index (χ0v) is 16.0. The number of anilines is 1. The normalized spacial score (nSPS) is 11.5. The number of esters is 1. The maximum Gasteiger partial charge on any atom is 0.319 e. The van der Waals surface area contributed by atoms with E-state index in [0.29, 0.717) is 10.6 Å². The number of nitro groups is 1. The Morgan fingerprint density at radius 1 is 1.19 bits per heavy atom. The Hall–Kier alpha value is -2.87. The Labute approximate surface area is 161 Å². The molecule has 2 aromatic carbocycles. The molecule has 0 spiro atoms. The molecule has 1 amide bonds. The molecular formula is C19H20N2O5S. The van der Waals surface area contributed by atoms with Crippen LogP contribution in [0, 0.1) is 24.0 Å². The summed E-state index contributed by atoms with van der Waals surface area (Å²) in [6.07, 6.45) is 0. The van der Waals surface area contributed by atoms with E-state index in [0.717, 1.165) is 11.1 Å². The molecule has 0 saturated heterocycles. The molecule has 0 aromatic heterocycles. The van der Waals surface area contributed by atoms with Crippen molar-refractivity contribution in [3.8, 4) is 0 Å². The number of rotatable bonds is 7. The summed E-state index contributed by atoms with van der Waals surface area (Å²) >= 11 is 1.20. The highest BCUT2D eigenvalue weighted by Crippen LogP contribution is 2.26. The van der Waals surface area contributed by atoms with Gasteiger partial charge in [-0.15, -0.1) is 11.8 Å². The monoisotopic (exact) mass is 388 g/mol. The summed E-state index contributed by atoms with van der Waals surface area (Å²) in [7, 11) is 0. The molecular weight excluding hydrogens is 368 g/mol. The average Bonchev–Trinajstić information content (AvgIpc) is 2.62. The first-order valence-electron chi connectivity index (χ1n) is 8.21. The van der Waals surface area contributed by atoms with Crippen LogP contribution in [0.5, 0.6) is 0 Å². The number of nitrogens with zero attached hydrogens (tertiary/aromatic N) is 1. The average molecular weight is 388 g/mol. The Bertz CT molecular complexity index is 852. The fourth-order valence-corrected chi connectivity index (χ4v) is 3.16. The van der Waals surface area contributed by atoms with Gasteiger partial charge >= 0.3 is 5.97 Å². The molecule has 27 heavy (non-hydrogen) atoms. The van der Waals surface area contributed by atoms with Gasteiger partial charge in [-0.3, -0.25) is 19.7 Å². The standard InChI is InChI=1S/C19H20N2O5S/c1-12-4-9-17(13(2)10-12)20-18(22)11-26-19(23)14(3)27-16-7-5-15(6-8-16)21(24)25/h4-10,14H,11H2,1-3H3,(H,20,22)/t14-/m0/s1. The quantitative estimate of drug-likeness (QED) is 0.335. The zero-order chi connectivity index (χ0) is 20.0. The van der Waals surface area contributed by atoms with Crippen molar-refractivity contribution >= 4 is 35.0 Å². The number of nitrogens with one attached hydrogen (secondary N) is 1. The van der Waals surface area contributed by atoms with Crippen molar-refractivity contribution in [2.24, 2.45) is 0 Å². The molecule has 1 atom stereocenters. The summed E-state index contributed by atoms with van der Waals surface area (Å²) in [6, 6.07) is 11.5. The smallest absolute Gasteiger partial charge is 0.319 e. The van der Waals surface area contributed by atoms with Crippen molar-refractivity contribution in [2.75, 3.05) is 11.9 Å². The molecule has 0 bridgehead atoms. The number of thioether (sulfide) groups is 1. The highest BCUT2D eigenvalue weighted by molar-refractivity contribution is 8.00. The molecule has 0 fully saturated rings. The van der Waals surface area contributed by atoms with Gasteiger partial charge in [0.1, 0.15) is 5.25 Å². The molecule has 1 N–H and O–H groups in total. The van der Waals surface area contributed by atoms with Crippen molar-refractivity contribution in [3.63, 3.8) is 0 Å². The number of hydrogen-bond donors (Lipinski definition) is 1. The molecule has 7 nitrogen and oxygen atoms in total. The number of ether oxygens (including phenoxy) is 1. The van der Waals surface area contributed by atoms with Gasteiger partial charge in [0.2, 0.25) is 0 Å². The minimum atomic E-state index is -0.555. The van der Waals surface area contributed by atoms with Crippen molar-refractivity contribution in [3.05, 3.63) is 63.7 Å². The Morgan fingerprint density at radius 3 is 2.44 bits per heavy atom. The van der Waals surface area contributed by atoms with Crippen LogP contribution in [0.3, 0.4) is 0 Å². The first-order valence-corrected chi connectivity index (χ1v) is 9.09. The number of carbonyl (C=O) groups excluding carboxylic acids is 2. The molecule has 0 aliphatic rings. The van der Waals surface area contributed by atoms with Crippen LogP contribution in [-0.4, -0.2) is 28.7 Å². The van der Waals surface area contributed by atoms with Crippen LogP contribution in [-0.2, 0) is 14.3 Å². The van der Waals surface area contributed by atoms with E-state index >= 15 is 0 Å². The van der Waals surface area contributed by atoms with Crippen LogP contribution < -0.4 is 5.32 Å². The van der Waals surface area contributed by atoms with Gasteiger partial charge in [0.15, 0.2) is 6.61 Å². The number of hydrogen-bond acceptors (Lipinski definition) is 6. The van der Waals surface area contributed by atoms with E-state index in [1.54, 1.807) is 25.1 Å². The minimum absolute atomic E-state index is 0.0161. The topological polar surface area (TPSA) is 98.5 Å². The van der Waals surface area contributed by atoms with Crippen molar-refractivity contribution in [1.29, 1.82) is 0 Å². The largest absolute Gasteiger partial charge is 0.455 e. The van der Waals surface area contributed by atoms with Gasteiger partial charge in [-0.2, -0.15) is 0 Å². The summed E-state index contributed by atoms with van der Waals surface area (Å²) < 4.78 is 5.06. The van der Waals surface area contributed by atoms with Gasteiger partial charge in [0.25, 0.3) is 11.6 Å². The SMILES string of the molecule is Cc1ccc(NC(=O)COC(=O)[C@H](C)Sc2ccc([N+](=O)[O-])cc2)c(C)c1. The molecule has 0 aliphatic carbocycles. The van der Waals surface area contributed by atoms with Gasteiger partial charge in [-0.05, 0) is 44.5 Å². The summed E-state index contributed by atoms with van der Waals surface area (Å²) in [5.41, 5.74) is 2.68. The fourth-order valence-electron chi connectivity index (χ4n) is 2.29. The van der Waals surface area contributed by atoms with Crippen molar-refractivity contribution < 1.29 is 19.2 Å². The van der Waals surface area contributed by atoms with Crippen molar-refractivity contribution in [2.45, 2.75) is 30.9 Å². The third-order valence-electron chi connectivity index (χ3n) is 3.69. The zero-order valence-electron chi connectivity index (χ0n) is 15.2. The van der Waals surface area contributed by atoms with E-state index in [4.69, 9.17) is 4.74 Å². The lowest BCUT2D eigenvalue weighted by Gasteiger charge is -2.12. The second kappa shape index (κ2) is 9.18. The molecule has 0 unspecified atom stereocenters. The van der Waals surface area contributed by atoms with Gasteiger partial charge in [0, 0.05) is 22.7 Å². The summed E-state index contributed by atoms with van der Waals surface area (Å²) in [5.74, 6) is -0.947. The lowest BCUT2D eigenvalue weighted by atomic mass is 10.1. The molecule has 0 radical (unpaired) electrons. The van der Waals surface area contributed by atoms with E-state index < -0.39 is 22.0 Å². The Kier molecular flexibility index (Phi) is 6.95. The number of nitro benzene ring substituents is 1. The molecule has 8 heteroatoms. The highest BCUT2D eigenvalue weighted by atomic mass is 32.2. The number of benzene rings is 2. The van der Waals surface area contributed by atoms with Gasteiger partial charge in [-0.1, -0.05) is 17.7 Å². The van der Waals surface area contributed by atoms with Crippen LogP contribution in [0.2, 0.25) is 0 Å². The van der Waals surface area contributed by atoms with Crippen LogP contribution in [0.25, 0.3) is 0 Å². The van der Waals surface area contributed by atoms with E-state index in [-0.39, 0.29) is 12.3 Å². The summed E-state index contributed by atoms with van der Waals surface area (Å²) in [6.45, 7) is 5.12. The lowest BCUT2D eigenvalue weighted by molar-refractivity contribution is -0.384. The number of aryl methyl sites for hydroxylation is 2. The minimum Gasteiger partial charge on any atom is -0.455 e. The van der Waals surface area contributed by atoms with Crippen LogP contribution in [0.1, 0.15) is 18.1 Å². The third kappa shape index (κ3) is 6.10. The predicted molar refractivity (Wildman–Crippen MR) is 104 cm³/mol.